The summed E-state index contributed by atoms with van der Waals surface area (Å²) >= 11 is 0. The lowest BCUT2D eigenvalue weighted by atomic mass is 9.77. The van der Waals surface area contributed by atoms with E-state index in [4.69, 9.17) is 4.74 Å². The molecule has 1 heterocycles. The van der Waals surface area contributed by atoms with Gasteiger partial charge in [-0.3, -0.25) is 0 Å². The molecular formula is C20H14O3. The van der Waals surface area contributed by atoms with Gasteiger partial charge in [0.2, 0.25) is 0 Å². The SMILES string of the molecule is O=C1OC(=O)C2=C1[C@@H](c1ccccc1)C=C[C@@H]2c1ccccc1. The van der Waals surface area contributed by atoms with Crippen LogP contribution < -0.4 is 0 Å². The fourth-order valence-corrected chi connectivity index (χ4v) is 3.29. The van der Waals surface area contributed by atoms with Gasteiger partial charge in [0.15, 0.2) is 0 Å². The Morgan fingerprint density at radius 2 is 1.00 bits per heavy atom. The number of benzene rings is 2. The molecule has 2 aromatic carbocycles. The Morgan fingerprint density at radius 1 is 0.609 bits per heavy atom. The third kappa shape index (κ3) is 2.21. The lowest BCUT2D eigenvalue weighted by molar-refractivity contribution is -0.151. The molecule has 0 N–H and O–H groups in total. The Kier molecular flexibility index (Phi) is 3.19. The number of carbonyl (C=O) groups is 2. The Hall–Kier alpha value is -2.94. The van der Waals surface area contributed by atoms with Gasteiger partial charge in [0, 0.05) is 11.8 Å². The number of hydrogen-bond acceptors (Lipinski definition) is 3. The molecule has 112 valence electrons. The Balaban J connectivity index is 1.85. The van der Waals surface area contributed by atoms with Gasteiger partial charge < -0.3 is 4.74 Å². The number of carbonyl (C=O) groups excluding carboxylic acids is 2. The third-order valence-electron chi connectivity index (χ3n) is 4.35. The molecule has 4 rings (SSSR count). The van der Waals surface area contributed by atoms with E-state index < -0.39 is 11.9 Å². The summed E-state index contributed by atoms with van der Waals surface area (Å²) in [5.41, 5.74) is 2.90. The second-order valence-electron chi connectivity index (χ2n) is 5.67. The fraction of sp³-hybridized carbons (Fsp3) is 0.100. The first-order chi connectivity index (χ1) is 11.3. The monoisotopic (exact) mass is 302 g/mol. The zero-order valence-corrected chi connectivity index (χ0v) is 12.3. The standard InChI is InChI=1S/C20H14O3/c21-19-17-15(13-7-3-1-4-8-13)11-12-16(18(17)20(22)23-19)14-9-5-2-6-10-14/h1-12,15-16H/t15-,16-/m1/s1. The molecule has 0 aromatic heterocycles. The van der Waals surface area contributed by atoms with Crippen LogP contribution in [0.25, 0.3) is 0 Å². The van der Waals surface area contributed by atoms with E-state index in [1.807, 2.05) is 72.8 Å². The maximum atomic E-state index is 12.2. The Labute approximate surface area is 133 Å². The normalized spacial score (nSPS) is 23.0. The molecule has 0 saturated heterocycles. The Bertz CT molecular complexity index is 762. The van der Waals surface area contributed by atoms with Crippen molar-refractivity contribution in [3.8, 4) is 0 Å². The molecular weight excluding hydrogens is 288 g/mol. The van der Waals surface area contributed by atoms with Crippen molar-refractivity contribution in [3.05, 3.63) is 95.1 Å². The van der Waals surface area contributed by atoms with Crippen LogP contribution in [-0.2, 0) is 14.3 Å². The van der Waals surface area contributed by atoms with Gasteiger partial charge >= 0.3 is 11.9 Å². The molecule has 0 fully saturated rings. The smallest absolute Gasteiger partial charge is 0.343 e. The maximum absolute atomic E-state index is 12.2. The highest BCUT2D eigenvalue weighted by Gasteiger charge is 2.42. The molecule has 2 aromatic rings. The van der Waals surface area contributed by atoms with Crippen LogP contribution in [0.2, 0.25) is 0 Å². The molecule has 0 amide bonds. The highest BCUT2D eigenvalue weighted by Crippen LogP contribution is 2.43. The van der Waals surface area contributed by atoms with E-state index in [1.54, 1.807) is 0 Å². The fourth-order valence-electron chi connectivity index (χ4n) is 3.29. The molecule has 0 spiro atoms. The van der Waals surface area contributed by atoms with Gasteiger partial charge in [-0.15, -0.1) is 0 Å². The lowest BCUT2D eigenvalue weighted by Gasteiger charge is -2.23. The zero-order chi connectivity index (χ0) is 15.8. The van der Waals surface area contributed by atoms with Gasteiger partial charge in [-0.2, -0.15) is 0 Å². The van der Waals surface area contributed by atoms with Gasteiger partial charge in [0.1, 0.15) is 0 Å². The number of ether oxygens (including phenoxy) is 1. The van der Waals surface area contributed by atoms with Gasteiger partial charge in [-0.25, -0.2) is 9.59 Å². The lowest BCUT2D eigenvalue weighted by Crippen LogP contribution is -2.15. The average molecular weight is 302 g/mol. The van der Waals surface area contributed by atoms with Gasteiger partial charge in [0.25, 0.3) is 0 Å². The number of hydrogen-bond donors (Lipinski definition) is 0. The molecule has 2 atom stereocenters. The van der Waals surface area contributed by atoms with Crippen molar-refractivity contribution < 1.29 is 14.3 Å². The van der Waals surface area contributed by atoms with Crippen molar-refractivity contribution in [2.75, 3.05) is 0 Å². The minimum atomic E-state index is -0.524. The van der Waals surface area contributed by atoms with E-state index in [0.29, 0.717) is 11.1 Å². The minimum Gasteiger partial charge on any atom is -0.386 e. The molecule has 1 aliphatic carbocycles. The maximum Gasteiger partial charge on any atom is 0.343 e. The summed E-state index contributed by atoms with van der Waals surface area (Å²) in [5, 5.41) is 0. The van der Waals surface area contributed by atoms with E-state index in [-0.39, 0.29) is 11.8 Å². The number of rotatable bonds is 2. The second kappa shape index (κ2) is 5.36. The number of esters is 2. The summed E-state index contributed by atoms with van der Waals surface area (Å²) in [6.07, 6.45) is 3.98. The quantitative estimate of drug-likeness (QED) is 0.484. The predicted octanol–water partition coefficient (Wildman–Crippen LogP) is 3.50. The van der Waals surface area contributed by atoms with Gasteiger partial charge in [0.05, 0.1) is 11.1 Å². The van der Waals surface area contributed by atoms with E-state index in [0.717, 1.165) is 11.1 Å². The molecule has 0 saturated carbocycles. The van der Waals surface area contributed by atoms with Crippen LogP contribution in [0.4, 0.5) is 0 Å². The van der Waals surface area contributed by atoms with Crippen molar-refractivity contribution >= 4 is 11.9 Å². The zero-order valence-electron chi connectivity index (χ0n) is 12.3. The van der Waals surface area contributed by atoms with Crippen molar-refractivity contribution in [2.24, 2.45) is 0 Å². The summed E-state index contributed by atoms with van der Waals surface area (Å²) < 4.78 is 4.92. The predicted molar refractivity (Wildman–Crippen MR) is 85.6 cm³/mol. The van der Waals surface area contributed by atoms with Crippen molar-refractivity contribution in [2.45, 2.75) is 11.8 Å². The van der Waals surface area contributed by atoms with Crippen LogP contribution >= 0.6 is 0 Å². The van der Waals surface area contributed by atoms with Crippen LogP contribution in [0, 0.1) is 0 Å². The number of allylic oxidation sites excluding steroid dienone is 2. The van der Waals surface area contributed by atoms with Crippen LogP contribution in [0.5, 0.6) is 0 Å². The topological polar surface area (TPSA) is 43.4 Å². The van der Waals surface area contributed by atoms with Crippen LogP contribution in [0.1, 0.15) is 23.0 Å². The highest BCUT2D eigenvalue weighted by molar-refractivity contribution is 6.14. The van der Waals surface area contributed by atoms with Crippen LogP contribution in [-0.4, -0.2) is 11.9 Å². The molecule has 3 nitrogen and oxygen atoms in total. The Morgan fingerprint density at radius 3 is 1.39 bits per heavy atom. The summed E-state index contributed by atoms with van der Waals surface area (Å²) in [6.45, 7) is 0. The van der Waals surface area contributed by atoms with Crippen molar-refractivity contribution in [3.63, 3.8) is 0 Å². The molecule has 3 heteroatoms. The van der Waals surface area contributed by atoms with E-state index in [1.165, 1.54) is 0 Å². The van der Waals surface area contributed by atoms with Crippen molar-refractivity contribution in [1.82, 2.24) is 0 Å². The molecule has 0 radical (unpaired) electrons. The summed E-state index contributed by atoms with van der Waals surface area (Å²) in [5.74, 6) is -1.51. The molecule has 1 aliphatic heterocycles. The first-order valence-electron chi connectivity index (χ1n) is 7.54. The van der Waals surface area contributed by atoms with E-state index >= 15 is 0 Å². The van der Waals surface area contributed by atoms with Crippen LogP contribution in [0.15, 0.2) is 84.0 Å². The molecule has 0 unspecified atom stereocenters. The van der Waals surface area contributed by atoms with E-state index in [9.17, 15) is 9.59 Å². The van der Waals surface area contributed by atoms with Crippen LogP contribution in [0.3, 0.4) is 0 Å². The van der Waals surface area contributed by atoms with Gasteiger partial charge in [-0.1, -0.05) is 72.8 Å². The summed E-state index contributed by atoms with van der Waals surface area (Å²) in [7, 11) is 0. The van der Waals surface area contributed by atoms with E-state index in [2.05, 4.69) is 0 Å². The minimum absolute atomic E-state index is 0.231. The largest absolute Gasteiger partial charge is 0.386 e. The summed E-state index contributed by atoms with van der Waals surface area (Å²) in [4.78, 5) is 24.5. The number of cyclic esters (lactones) is 2. The third-order valence-corrected chi connectivity index (χ3v) is 4.35. The summed E-state index contributed by atoms with van der Waals surface area (Å²) in [6, 6.07) is 19.4. The first kappa shape index (κ1) is 13.7. The molecule has 0 bridgehead atoms. The van der Waals surface area contributed by atoms with Crippen molar-refractivity contribution in [1.29, 1.82) is 0 Å². The second-order valence-corrected chi connectivity index (χ2v) is 5.67. The van der Waals surface area contributed by atoms with Gasteiger partial charge in [-0.05, 0) is 11.1 Å². The highest BCUT2D eigenvalue weighted by atomic mass is 16.6. The molecule has 2 aliphatic rings. The molecule has 23 heavy (non-hydrogen) atoms. The first-order valence-corrected chi connectivity index (χ1v) is 7.54. The average Bonchev–Trinajstić information content (AvgIpc) is 2.91.